The van der Waals surface area contributed by atoms with E-state index in [0.29, 0.717) is 5.75 Å². The molecule has 0 fully saturated rings. The van der Waals surface area contributed by atoms with E-state index in [2.05, 4.69) is 0 Å². The minimum Gasteiger partial charge on any atom is -0.493 e. The van der Waals surface area contributed by atoms with Crippen molar-refractivity contribution in [2.45, 2.75) is 12.8 Å². The number of carbonyl (C=O) groups is 2. The lowest BCUT2D eigenvalue weighted by atomic mass is 10.3. The van der Waals surface area contributed by atoms with Crippen molar-refractivity contribution in [1.29, 1.82) is 0 Å². The number of benzene rings is 1. The quantitative estimate of drug-likeness (QED) is 0.475. The minimum absolute atomic E-state index is 0.000280. The molecule has 1 aromatic carbocycles. The van der Waals surface area contributed by atoms with Crippen LogP contribution in [0.3, 0.4) is 0 Å². The van der Waals surface area contributed by atoms with Crippen LogP contribution >= 0.6 is 0 Å². The Balaban J connectivity index is 2.37. The molecule has 0 bridgehead atoms. The number of hydrogen-bond acceptors (Lipinski definition) is 5. The number of para-hydroxylation sites is 2. The lowest BCUT2D eigenvalue weighted by molar-refractivity contribution is -0.137. The molecular weight excluding hydrogens is 240 g/mol. The predicted octanol–water partition coefficient (Wildman–Crippen LogP) is 2.08. The van der Waals surface area contributed by atoms with Crippen LogP contribution in [0.15, 0.2) is 24.3 Å². The fourth-order valence-corrected chi connectivity index (χ4v) is 1.20. The highest BCUT2D eigenvalue weighted by Crippen LogP contribution is 2.25. The van der Waals surface area contributed by atoms with Gasteiger partial charge in [-0.2, -0.15) is 0 Å². The van der Waals surface area contributed by atoms with Crippen LogP contribution in [-0.4, -0.2) is 30.9 Å². The normalized spacial score (nSPS) is 9.61. The molecule has 0 aliphatic heterocycles. The maximum atomic E-state index is 11.3. The van der Waals surface area contributed by atoms with Gasteiger partial charge < -0.3 is 19.3 Å². The first-order valence-electron chi connectivity index (χ1n) is 5.33. The summed E-state index contributed by atoms with van der Waals surface area (Å²) >= 11 is 0. The molecule has 0 spiro atoms. The van der Waals surface area contributed by atoms with E-state index in [1.165, 1.54) is 7.11 Å². The first-order valence-corrected chi connectivity index (χ1v) is 5.33. The van der Waals surface area contributed by atoms with E-state index in [1.54, 1.807) is 24.3 Å². The Morgan fingerprint density at radius 3 is 2.50 bits per heavy atom. The van der Waals surface area contributed by atoms with Crippen molar-refractivity contribution in [1.82, 2.24) is 0 Å². The maximum Gasteiger partial charge on any atom is 0.513 e. The number of methoxy groups -OCH3 is 1. The van der Waals surface area contributed by atoms with E-state index < -0.39 is 12.1 Å². The molecule has 0 saturated heterocycles. The summed E-state index contributed by atoms with van der Waals surface area (Å²) in [7, 11) is 1.46. The molecule has 0 saturated carbocycles. The lowest BCUT2D eigenvalue weighted by Crippen LogP contribution is -2.12. The molecule has 18 heavy (non-hydrogen) atoms. The van der Waals surface area contributed by atoms with Gasteiger partial charge in [0.15, 0.2) is 11.5 Å². The number of ether oxygens (including phenoxy) is 3. The average Bonchev–Trinajstić information content (AvgIpc) is 2.35. The summed E-state index contributed by atoms with van der Waals surface area (Å²) in [6.45, 7) is 0.000280. The maximum absolute atomic E-state index is 11.3. The van der Waals surface area contributed by atoms with Crippen molar-refractivity contribution >= 4 is 12.1 Å². The Kier molecular flexibility index (Phi) is 5.50. The Labute approximate surface area is 104 Å². The second kappa shape index (κ2) is 7.16. The smallest absolute Gasteiger partial charge is 0.493 e. The highest BCUT2D eigenvalue weighted by Gasteiger charge is 2.10. The zero-order valence-electron chi connectivity index (χ0n) is 9.92. The average molecular weight is 254 g/mol. The van der Waals surface area contributed by atoms with Crippen molar-refractivity contribution in [3.05, 3.63) is 24.3 Å². The molecule has 1 N–H and O–H groups in total. The Hall–Kier alpha value is -2.24. The molecule has 1 aromatic rings. The van der Waals surface area contributed by atoms with Gasteiger partial charge in [-0.1, -0.05) is 12.1 Å². The molecule has 1 rings (SSSR count). The van der Waals surface area contributed by atoms with Crippen LogP contribution in [0.25, 0.3) is 0 Å². The molecule has 0 aliphatic carbocycles. The summed E-state index contributed by atoms with van der Waals surface area (Å²) < 4.78 is 14.6. The van der Waals surface area contributed by atoms with E-state index in [-0.39, 0.29) is 25.2 Å². The third kappa shape index (κ3) is 4.73. The number of carboxylic acid groups (broad SMARTS) is 1. The predicted molar refractivity (Wildman–Crippen MR) is 61.8 cm³/mol. The zero-order chi connectivity index (χ0) is 13.4. The monoisotopic (exact) mass is 254 g/mol. The molecule has 0 unspecified atom stereocenters. The van der Waals surface area contributed by atoms with E-state index in [4.69, 9.17) is 19.3 Å². The Bertz CT molecular complexity index is 415. The second-order valence-electron chi connectivity index (χ2n) is 3.35. The summed E-state index contributed by atoms with van der Waals surface area (Å²) in [6, 6.07) is 6.64. The van der Waals surface area contributed by atoms with Crippen molar-refractivity contribution in [3.8, 4) is 11.5 Å². The Morgan fingerprint density at radius 1 is 1.22 bits per heavy atom. The van der Waals surface area contributed by atoms with E-state index in [1.807, 2.05) is 0 Å². The molecular formula is C12H14O6. The SMILES string of the molecule is COc1ccccc1OC(=O)OCCCC(=O)O. The molecule has 0 aliphatic rings. The van der Waals surface area contributed by atoms with Gasteiger partial charge in [-0.15, -0.1) is 0 Å². The number of carboxylic acids is 1. The molecule has 0 amide bonds. The molecule has 98 valence electrons. The number of hydrogen-bond donors (Lipinski definition) is 1. The van der Waals surface area contributed by atoms with Crippen LogP contribution in [0, 0.1) is 0 Å². The van der Waals surface area contributed by atoms with Crippen LogP contribution in [0.4, 0.5) is 4.79 Å². The van der Waals surface area contributed by atoms with Gasteiger partial charge in [0.25, 0.3) is 0 Å². The van der Waals surface area contributed by atoms with Crippen LogP contribution in [0.1, 0.15) is 12.8 Å². The van der Waals surface area contributed by atoms with Gasteiger partial charge >= 0.3 is 12.1 Å². The summed E-state index contributed by atoms with van der Waals surface area (Å²) in [6.07, 6.45) is -0.692. The fraction of sp³-hybridized carbons (Fsp3) is 0.333. The fourth-order valence-electron chi connectivity index (χ4n) is 1.20. The summed E-state index contributed by atoms with van der Waals surface area (Å²) in [5, 5.41) is 8.39. The number of carbonyl (C=O) groups excluding carboxylic acids is 1. The van der Waals surface area contributed by atoms with Gasteiger partial charge in [-0.05, 0) is 18.6 Å². The first-order chi connectivity index (χ1) is 8.63. The summed E-state index contributed by atoms with van der Waals surface area (Å²) in [4.78, 5) is 21.5. The van der Waals surface area contributed by atoms with Crippen LogP contribution in [-0.2, 0) is 9.53 Å². The summed E-state index contributed by atoms with van der Waals surface area (Å²) in [5.74, 6) is -0.264. The molecule has 0 heterocycles. The number of rotatable bonds is 6. The van der Waals surface area contributed by atoms with Crippen molar-refractivity contribution in [3.63, 3.8) is 0 Å². The molecule has 6 heteroatoms. The second-order valence-corrected chi connectivity index (χ2v) is 3.35. The third-order valence-electron chi connectivity index (χ3n) is 2.02. The van der Waals surface area contributed by atoms with Crippen molar-refractivity contribution < 1.29 is 28.9 Å². The van der Waals surface area contributed by atoms with E-state index in [0.717, 1.165) is 0 Å². The van der Waals surface area contributed by atoms with Gasteiger partial charge in [0.2, 0.25) is 0 Å². The highest BCUT2D eigenvalue weighted by molar-refractivity contribution is 5.67. The standard InChI is InChI=1S/C12H14O6/c1-16-9-5-2-3-6-10(9)18-12(15)17-8-4-7-11(13)14/h2-3,5-6H,4,7-8H2,1H3,(H,13,14). The van der Waals surface area contributed by atoms with Crippen molar-refractivity contribution in [2.24, 2.45) is 0 Å². The summed E-state index contributed by atoms with van der Waals surface area (Å²) in [5.41, 5.74) is 0. The lowest BCUT2D eigenvalue weighted by Gasteiger charge is -2.08. The van der Waals surface area contributed by atoms with Crippen molar-refractivity contribution in [2.75, 3.05) is 13.7 Å². The zero-order valence-corrected chi connectivity index (χ0v) is 9.92. The minimum atomic E-state index is -0.934. The van der Waals surface area contributed by atoms with Gasteiger partial charge in [-0.25, -0.2) is 4.79 Å². The van der Waals surface area contributed by atoms with Crippen LogP contribution in [0.5, 0.6) is 11.5 Å². The van der Waals surface area contributed by atoms with Gasteiger partial charge in [0, 0.05) is 6.42 Å². The van der Waals surface area contributed by atoms with Crippen LogP contribution < -0.4 is 9.47 Å². The van der Waals surface area contributed by atoms with Gasteiger partial charge in [0.1, 0.15) is 0 Å². The molecule has 0 aromatic heterocycles. The molecule has 0 radical (unpaired) electrons. The van der Waals surface area contributed by atoms with Gasteiger partial charge in [-0.3, -0.25) is 4.79 Å². The largest absolute Gasteiger partial charge is 0.513 e. The topological polar surface area (TPSA) is 82.1 Å². The molecule has 0 atom stereocenters. The highest BCUT2D eigenvalue weighted by atomic mass is 16.7. The number of aliphatic carboxylic acids is 1. The van der Waals surface area contributed by atoms with Crippen LogP contribution in [0.2, 0.25) is 0 Å². The third-order valence-corrected chi connectivity index (χ3v) is 2.02. The first kappa shape index (κ1) is 13.8. The van der Waals surface area contributed by atoms with E-state index in [9.17, 15) is 9.59 Å². The molecule has 6 nitrogen and oxygen atoms in total. The Morgan fingerprint density at radius 2 is 1.89 bits per heavy atom. The van der Waals surface area contributed by atoms with Gasteiger partial charge in [0.05, 0.1) is 13.7 Å². The van der Waals surface area contributed by atoms with E-state index >= 15 is 0 Å².